The van der Waals surface area contributed by atoms with E-state index in [1.165, 1.54) is 31.2 Å². The van der Waals surface area contributed by atoms with Crippen LogP contribution in [0, 0.1) is 12.8 Å². The fourth-order valence-electron chi connectivity index (χ4n) is 5.61. The molecule has 1 atom stereocenters. The Morgan fingerprint density at radius 3 is 2.55 bits per heavy atom. The van der Waals surface area contributed by atoms with Crippen molar-refractivity contribution in [3.05, 3.63) is 82.4 Å². The van der Waals surface area contributed by atoms with E-state index in [9.17, 15) is 9.90 Å². The van der Waals surface area contributed by atoms with Crippen LogP contribution in [0.3, 0.4) is 0 Å². The predicted molar refractivity (Wildman–Crippen MR) is 152 cm³/mol. The number of aromatic amines is 1. The number of fused-ring (bicyclic) bond motifs is 1. The number of aryl methyl sites for hydroxylation is 1. The van der Waals surface area contributed by atoms with Crippen LogP contribution in [0.2, 0.25) is 0 Å². The van der Waals surface area contributed by atoms with Gasteiger partial charge in [0.25, 0.3) is 5.56 Å². The summed E-state index contributed by atoms with van der Waals surface area (Å²) in [5.74, 6) is 1.79. The van der Waals surface area contributed by atoms with Crippen LogP contribution >= 0.6 is 0 Å². The second-order valence-electron chi connectivity index (χ2n) is 10.5. The molecule has 7 nitrogen and oxygen atoms in total. The van der Waals surface area contributed by atoms with E-state index in [0.717, 1.165) is 35.3 Å². The monoisotopic (exact) mass is 512 g/mol. The fourth-order valence-corrected chi connectivity index (χ4v) is 5.61. The summed E-state index contributed by atoms with van der Waals surface area (Å²) >= 11 is 0. The Balaban J connectivity index is 1.29. The number of hydrogen-bond acceptors (Lipinski definition) is 6. The number of rotatable bonds is 9. The smallest absolute Gasteiger partial charge is 0.259 e. The van der Waals surface area contributed by atoms with Crippen molar-refractivity contribution in [3.63, 3.8) is 0 Å². The second-order valence-corrected chi connectivity index (χ2v) is 10.5. The van der Waals surface area contributed by atoms with Crippen molar-refractivity contribution in [1.82, 2.24) is 15.0 Å². The molecular formula is C31H36N4O3. The van der Waals surface area contributed by atoms with E-state index in [1.54, 1.807) is 6.20 Å². The first-order chi connectivity index (χ1) is 18.5. The number of aliphatic hydroxyl groups is 2. The number of anilines is 2. The molecule has 1 aliphatic carbocycles. The van der Waals surface area contributed by atoms with E-state index in [0.29, 0.717) is 35.2 Å². The Kier molecular flexibility index (Phi) is 8.15. The number of H-pyrrole nitrogens is 1. The van der Waals surface area contributed by atoms with Gasteiger partial charge in [-0.1, -0.05) is 31.0 Å². The molecule has 0 spiro atoms. The van der Waals surface area contributed by atoms with Crippen molar-refractivity contribution in [1.29, 1.82) is 0 Å². The second kappa shape index (κ2) is 11.9. The van der Waals surface area contributed by atoms with Crippen LogP contribution in [0.5, 0.6) is 0 Å². The number of hydrogen-bond donors (Lipinski definition) is 4. The van der Waals surface area contributed by atoms with Gasteiger partial charge < -0.3 is 20.5 Å². The summed E-state index contributed by atoms with van der Waals surface area (Å²) in [4.78, 5) is 24.9. The summed E-state index contributed by atoms with van der Waals surface area (Å²) in [6.45, 7) is 1.81. The van der Waals surface area contributed by atoms with Gasteiger partial charge in [0, 0.05) is 17.6 Å². The third-order valence-corrected chi connectivity index (χ3v) is 7.76. The molecular weight excluding hydrogens is 476 g/mol. The minimum Gasteiger partial charge on any atom is -0.394 e. The van der Waals surface area contributed by atoms with E-state index < -0.39 is 6.10 Å². The predicted octanol–water partition coefficient (Wildman–Crippen LogP) is 5.83. The third kappa shape index (κ3) is 6.11. The normalized spacial score (nSPS) is 18.4. The maximum atomic E-state index is 12.7. The van der Waals surface area contributed by atoms with E-state index in [2.05, 4.69) is 39.6 Å². The number of pyridine rings is 3. The highest BCUT2D eigenvalue weighted by Gasteiger charge is 2.22. The zero-order valence-electron chi connectivity index (χ0n) is 21.9. The molecule has 1 aromatic carbocycles. The lowest BCUT2D eigenvalue weighted by Crippen LogP contribution is -2.15. The highest BCUT2D eigenvalue weighted by Crippen LogP contribution is 2.38. The highest BCUT2D eigenvalue weighted by molar-refractivity contribution is 5.94. The standard InChI is InChI=1S/C31H36N4O3/c1-20-4-2-7-27(33-20)28-18-24-16-17-32-31(38)29(24)30(35-28)34-25-14-12-23(13-15-25)22-10-8-21(9-11-22)5-3-6-26(37)19-36/h2,4,7,12-18,21-22,26,36-37H,3,5-6,8-11,19H2,1H3,(H,32,38)(H,34,35). The van der Waals surface area contributed by atoms with Gasteiger partial charge in [0.1, 0.15) is 5.82 Å². The zero-order chi connectivity index (χ0) is 26.5. The minimum absolute atomic E-state index is 0.143. The van der Waals surface area contributed by atoms with Gasteiger partial charge in [-0.3, -0.25) is 9.78 Å². The summed E-state index contributed by atoms with van der Waals surface area (Å²) < 4.78 is 0. The Morgan fingerprint density at radius 1 is 1.03 bits per heavy atom. The molecule has 4 N–H and O–H groups in total. The first-order valence-corrected chi connectivity index (χ1v) is 13.6. The molecule has 1 aliphatic rings. The topological polar surface area (TPSA) is 111 Å². The van der Waals surface area contributed by atoms with E-state index in [1.807, 2.05) is 37.3 Å². The maximum Gasteiger partial charge on any atom is 0.259 e. The lowest BCUT2D eigenvalue weighted by molar-refractivity contribution is 0.0843. The fraction of sp³-hybridized carbons (Fsp3) is 0.387. The van der Waals surface area contributed by atoms with Crippen molar-refractivity contribution in [2.24, 2.45) is 5.92 Å². The summed E-state index contributed by atoms with van der Waals surface area (Å²) in [6, 6.07) is 18.1. The molecule has 4 aromatic rings. The van der Waals surface area contributed by atoms with Crippen LogP contribution in [0.4, 0.5) is 11.5 Å². The molecule has 3 heterocycles. The number of nitrogens with zero attached hydrogens (tertiary/aromatic N) is 2. The molecule has 3 aromatic heterocycles. The largest absolute Gasteiger partial charge is 0.394 e. The van der Waals surface area contributed by atoms with E-state index in [4.69, 9.17) is 10.1 Å². The number of benzene rings is 1. The van der Waals surface area contributed by atoms with Crippen LogP contribution in [0.15, 0.2) is 65.6 Å². The van der Waals surface area contributed by atoms with E-state index in [-0.39, 0.29) is 12.2 Å². The summed E-state index contributed by atoms with van der Waals surface area (Å²) in [5, 5.41) is 23.3. The van der Waals surface area contributed by atoms with Gasteiger partial charge in [0.2, 0.25) is 0 Å². The van der Waals surface area contributed by atoms with Gasteiger partial charge in [-0.25, -0.2) is 4.98 Å². The summed E-state index contributed by atoms with van der Waals surface area (Å²) in [5.41, 5.74) is 4.45. The molecule has 1 unspecified atom stereocenters. The van der Waals surface area contributed by atoms with Gasteiger partial charge >= 0.3 is 0 Å². The summed E-state index contributed by atoms with van der Waals surface area (Å²) in [7, 11) is 0. The molecule has 5 rings (SSSR count). The Labute approximate surface area is 223 Å². The van der Waals surface area contributed by atoms with Gasteiger partial charge in [-0.2, -0.15) is 0 Å². The maximum absolute atomic E-state index is 12.7. The average Bonchev–Trinajstić information content (AvgIpc) is 2.93. The van der Waals surface area contributed by atoms with Crippen LogP contribution in [-0.2, 0) is 0 Å². The highest BCUT2D eigenvalue weighted by atomic mass is 16.3. The van der Waals surface area contributed by atoms with Gasteiger partial charge in [0.05, 0.1) is 29.5 Å². The molecule has 0 aliphatic heterocycles. The van der Waals surface area contributed by atoms with Crippen molar-refractivity contribution in [2.75, 3.05) is 11.9 Å². The molecule has 0 radical (unpaired) electrons. The number of aromatic nitrogens is 3. The van der Waals surface area contributed by atoms with Crippen molar-refractivity contribution >= 4 is 22.3 Å². The first-order valence-electron chi connectivity index (χ1n) is 13.6. The molecule has 0 amide bonds. The SMILES string of the molecule is Cc1cccc(-c2cc3cc[nH]c(=O)c3c(Nc3ccc(C4CCC(CCCC(O)CO)CC4)cc3)n2)n1. The minimum atomic E-state index is -0.577. The lowest BCUT2D eigenvalue weighted by atomic mass is 9.77. The van der Waals surface area contributed by atoms with Crippen LogP contribution in [-0.4, -0.2) is 37.9 Å². The molecule has 7 heteroatoms. The Bertz CT molecular complexity index is 1430. The number of aliphatic hydroxyl groups excluding tert-OH is 2. The third-order valence-electron chi connectivity index (χ3n) is 7.76. The molecule has 0 saturated heterocycles. The molecule has 1 fully saturated rings. The van der Waals surface area contributed by atoms with Crippen LogP contribution in [0.25, 0.3) is 22.2 Å². The molecule has 38 heavy (non-hydrogen) atoms. The Morgan fingerprint density at radius 2 is 1.82 bits per heavy atom. The van der Waals surface area contributed by atoms with Gasteiger partial charge in [-0.05, 0) is 98.2 Å². The quantitative estimate of drug-likeness (QED) is 0.224. The molecule has 1 saturated carbocycles. The van der Waals surface area contributed by atoms with E-state index >= 15 is 0 Å². The van der Waals surface area contributed by atoms with Crippen LogP contribution in [0.1, 0.15) is 62.1 Å². The Hall–Kier alpha value is -3.55. The average molecular weight is 513 g/mol. The van der Waals surface area contributed by atoms with Crippen molar-refractivity contribution in [2.45, 2.75) is 63.9 Å². The molecule has 198 valence electrons. The van der Waals surface area contributed by atoms with Crippen LogP contribution < -0.4 is 10.9 Å². The van der Waals surface area contributed by atoms with Crippen molar-refractivity contribution in [3.8, 4) is 11.4 Å². The van der Waals surface area contributed by atoms with Crippen molar-refractivity contribution < 1.29 is 10.2 Å². The lowest BCUT2D eigenvalue weighted by Gasteiger charge is -2.29. The molecule has 0 bridgehead atoms. The van der Waals surface area contributed by atoms with Gasteiger partial charge in [-0.15, -0.1) is 0 Å². The first kappa shape index (κ1) is 26.1. The summed E-state index contributed by atoms with van der Waals surface area (Å²) in [6.07, 6.45) is 8.63. The number of nitrogens with one attached hydrogen (secondary N) is 2. The zero-order valence-corrected chi connectivity index (χ0v) is 21.9. The van der Waals surface area contributed by atoms with Gasteiger partial charge in [0.15, 0.2) is 0 Å².